The Hall–Kier alpha value is -1.59. The third-order valence-corrected chi connectivity index (χ3v) is 4.24. The van der Waals surface area contributed by atoms with Crippen molar-refractivity contribution in [2.75, 3.05) is 18.9 Å². The van der Waals surface area contributed by atoms with Crippen molar-refractivity contribution in [2.24, 2.45) is 0 Å². The van der Waals surface area contributed by atoms with Gasteiger partial charge in [0.2, 0.25) is 0 Å². The lowest BCUT2D eigenvalue weighted by Crippen LogP contribution is -2.40. The molecule has 0 saturated heterocycles. The van der Waals surface area contributed by atoms with E-state index in [2.05, 4.69) is 5.32 Å². The van der Waals surface area contributed by atoms with Crippen LogP contribution in [-0.2, 0) is 4.74 Å². The molecule has 1 aromatic heterocycles. The molecule has 0 aliphatic rings. The number of amides is 1. The molecule has 2 aromatic rings. The zero-order valence-corrected chi connectivity index (χ0v) is 12.8. The number of hydrogen-bond donors (Lipinski definition) is 2. The summed E-state index contributed by atoms with van der Waals surface area (Å²) in [6, 6.07) is 7.77. The maximum absolute atomic E-state index is 12.2. The number of anilines is 1. The van der Waals surface area contributed by atoms with E-state index in [4.69, 9.17) is 10.5 Å². The van der Waals surface area contributed by atoms with Gasteiger partial charge >= 0.3 is 0 Å². The number of carbonyl (C=O) groups is 1. The Morgan fingerprint density at radius 1 is 1.40 bits per heavy atom. The molecule has 1 amide bonds. The Morgan fingerprint density at radius 2 is 2.10 bits per heavy atom. The Labute approximate surface area is 122 Å². The molecule has 2 rings (SSSR count). The molecule has 4 nitrogen and oxygen atoms in total. The van der Waals surface area contributed by atoms with E-state index in [0.717, 1.165) is 10.1 Å². The number of hydrogen-bond acceptors (Lipinski definition) is 4. The first-order chi connectivity index (χ1) is 9.44. The number of nitrogens with two attached hydrogens (primary N) is 1. The number of benzene rings is 1. The van der Waals surface area contributed by atoms with Crippen LogP contribution in [0.1, 0.15) is 30.4 Å². The fourth-order valence-corrected chi connectivity index (χ4v) is 3.09. The van der Waals surface area contributed by atoms with Crippen LogP contribution in [0.2, 0.25) is 0 Å². The Bertz CT molecular complexity index is 619. The van der Waals surface area contributed by atoms with Gasteiger partial charge in [0.1, 0.15) is 4.88 Å². The van der Waals surface area contributed by atoms with Crippen molar-refractivity contribution in [3.8, 4) is 0 Å². The minimum Gasteiger partial charge on any atom is -0.397 e. The lowest BCUT2D eigenvalue weighted by atomic mass is 10.1. The molecular weight excluding hydrogens is 272 g/mol. The van der Waals surface area contributed by atoms with Crippen molar-refractivity contribution in [1.29, 1.82) is 0 Å². The Balaban J connectivity index is 2.14. The van der Waals surface area contributed by atoms with Gasteiger partial charge in [-0.15, -0.1) is 11.3 Å². The first kappa shape index (κ1) is 14.8. The van der Waals surface area contributed by atoms with Gasteiger partial charge in [0.25, 0.3) is 5.91 Å². The summed E-state index contributed by atoms with van der Waals surface area (Å²) >= 11 is 1.42. The molecule has 0 aliphatic carbocycles. The predicted molar refractivity (Wildman–Crippen MR) is 84.3 cm³/mol. The fourth-order valence-electron chi connectivity index (χ4n) is 2.05. The molecule has 3 N–H and O–H groups in total. The van der Waals surface area contributed by atoms with Crippen LogP contribution in [0.4, 0.5) is 5.69 Å². The van der Waals surface area contributed by atoms with Crippen molar-refractivity contribution in [3.05, 3.63) is 29.1 Å². The van der Waals surface area contributed by atoms with Gasteiger partial charge in [-0.25, -0.2) is 0 Å². The second kappa shape index (κ2) is 5.81. The monoisotopic (exact) mass is 292 g/mol. The summed E-state index contributed by atoms with van der Waals surface area (Å²) < 4.78 is 6.59. The third kappa shape index (κ3) is 3.11. The fraction of sp³-hybridized carbons (Fsp3) is 0.400. The molecule has 0 atom stereocenters. The normalized spacial score (nSPS) is 11.8. The van der Waals surface area contributed by atoms with Crippen molar-refractivity contribution in [2.45, 2.75) is 26.4 Å². The summed E-state index contributed by atoms with van der Waals surface area (Å²) in [7, 11) is 0. The van der Waals surface area contributed by atoms with E-state index in [1.165, 1.54) is 11.3 Å². The molecule has 1 heterocycles. The standard InChI is InChI=1S/C15H20N2O2S/c1-4-19-15(2,3)9-17-14(18)13-12(16)10-7-5-6-8-11(10)20-13/h5-8H,4,9,16H2,1-3H3,(H,17,18). The number of ether oxygens (including phenoxy) is 1. The molecule has 5 heteroatoms. The Kier molecular flexibility index (Phi) is 4.30. The van der Waals surface area contributed by atoms with E-state index in [9.17, 15) is 4.79 Å². The van der Waals surface area contributed by atoms with E-state index in [-0.39, 0.29) is 11.5 Å². The van der Waals surface area contributed by atoms with E-state index in [1.807, 2.05) is 45.0 Å². The third-order valence-electron chi connectivity index (χ3n) is 3.05. The van der Waals surface area contributed by atoms with Crippen LogP contribution in [0.3, 0.4) is 0 Å². The zero-order valence-electron chi connectivity index (χ0n) is 12.0. The van der Waals surface area contributed by atoms with Gasteiger partial charge in [-0.3, -0.25) is 4.79 Å². The second-order valence-electron chi connectivity index (χ2n) is 5.22. The number of nitrogens with one attached hydrogen (secondary N) is 1. The highest BCUT2D eigenvalue weighted by atomic mass is 32.1. The quantitative estimate of drug-likeness (QED) is 0.890. The lowest BCUT2D eigenvalue weighted by molar-refractivity contribution is -0.00812. The summed E-state index contributed by atoms with van der Waals surface area (Å²) in [6.07, 6.45) is 0. The molecule has 0 spiro atoms. The topological polar surface area (TPSA) is 64.3 Å². The van der Waals surface area contributed by atoms with Gasteiger partial charge in [-0.1, -0.05) is 18.2 Å². The van der Waals surface area contributed by atoms with E-state index in [1.54, 1.807) is 0 Å². The average Bonchev–Trinajstić information content (AvgIpc) is 2.74. The van der Waals surface area contributed by atoms with Crippen LogP contribution < -0.4 is 11.1 Å². The van der Waals surface area contributed by atoms with Crippen molar-refractivity contribution in [1.82, 2.24) is 5.32 Å². The Morgan fingerprint density at radius 3 is 2.75 bits per heavy atom. The molecular formula is C15H20N2O2S. The largest absolute Gasteiger partial charge is 0.397 e. The summed E-state index contributed by atoms with van der Waals surface area (Å²) in [5.74, 6) is -0.142. The van der Waals surface area contributed by atoms with Crippen LogP contribution in [0, 0.1) is 0 Å². The predicted octanol–water partition coefficient (Wildman–Crippen LogP) is 3.03. The van der Waals surface area contributed by atoms with Gasteiger partial charge in [-0.2, -0.15) is 0 Å². The van der Waals surface area contributed by atoms with Crippen LogP contribution >= 0.6 is 11.3 Å². The van der Waals surface area contributed by atoms with Gasteiger partial charge in [-0.05, 0) is 26.8 Å². The van der Waals surface area contributed by atoms with Crippen LogP contribution in [0.25, 0.3) is 10.1 Å². The molecule has 0 bridgehead atoms. The molecule has 20 heavy (non-hydrogen) atoms. The minimum absolute atomic E-state index is 0.142. The lowest BCUT2D eigenvalue weighted by Gasteiger charge is -2.24. The maximum atomic E-state index is 12.2. The highest BCUT2D eigenvalue weighted by Crippen LogP contribution is 2.33. The number of rotatable bonds is 5. The second-order valence-corrected chi connectivity index (χ2v) is 6.27. The highest BCUT2D eigenvalue weighted by molar-refractivity contribution is 7.21. The van der Waals surface area contributed by atoms with E-state index >= 15 is 0 Å². The van der Waals surface area contributed by atoms with E-state index in [0.29, 0.717) is 23.7 Å². The maximum Gasteiger partial charge on any atom is 0.263 e. The first-order valence-electron chi connectivity index (χ1n) is 6.64. The molecule has 0 aliphatic heterocycles. The minimum atomic E-state index is -0.379. The van der Waals surface area contributed by atoms with Crippen molar-refractivity contribution in [3.63, 3.8) is 0 Å². The summed E-state index contributed by atoms with van der Waals surface area (Å²) in [5, 5.41) is 3.83. The zero-order chi connectivity index (χ0) is 14.8. The summed E-state index contributed by atoms with van der Waals surface area (Å²) in [5.41, 5.74) is 6.23. The van der Waals surface area contributed by atoms with Gasteiger partial charge in [0.05, 0.1) is 11.3 Å². The smallest absolute Gasteiger partial charge is 0.263 e. The number of thiophene rings is 1. The van der Waals surface area contributed by atoms with Crippen molar-refractivity contribution < 1.29 is 9.53 Å². The molecule has 0 unspecified atom stereocenters. The van der Waals surface area contributed by atoms with Crippen LogP contribution in [0.15, 0.2) is 24.3 Å². The number of carbonyl (C=O) groups excluding carboxylic acids is 1. The van der Waals surface area contributed by atoms with Crippen LogP contribution in [0.5, 0.6) is 0 Å². The molecule has 0 saturated carbocycles. The summed E-state index contributed by atoms with van der Waals surface area (Å²) in [4.78, 5) is 12.8. The molecule has 0 fully saturated rings. The molecule has 1 aromatic carbocycles. The van der Waals surface area contributed by atoms with E-state index < -0.39 is 0 Å². The molecule has 0 radical (unpaired) electrons. The van der Waals surface area contributed by atoms with Gasteiger partial charge in [0.15, 0.2) is 0 Å². The molecule has 108 valence electrons. The van der Waals surface area contributed by atoms with Gasteiger partial charge in [0, 0.05) is 23.2 Å². The first-order valence-corrected chi connectivity index (χ1v) is 7.45. The number of fused-ring (bicyclic) bond motifs is 1. The highest BCUT2D eigenvalue weighted by Gasteiger charge is 2.21. The summed E-state index contributed by atoms with van der Waals surface area (Å²) in [6.45, 7) is 6.91. The van der Waals surface area contributed by atoms with Gasteiger partial charge < -0.3 is 15.8 Å². The average molecular weight is 292 g/mol. The van der Waals surface area contributed by atoms with Crippen molar-refractivity contribution >= 4 is 33.0 Å². The van der Waals surface area contributed by atoms with Crippen LogP contribution in [-0.4, -0.2) is 24.7 Å². The SMILES string of the molecule is CCOC(C)(C)CNC(=O)c1sc2ccccc2c1N. The number of nitrogen functional groups attached to an aromatic ring is 1.